The van der Waals surface area contributed by atoms with Gasteiger partial charge in [-0.15, -0.1) is 0 Å². The first kappa shape index (κ1) is 13.1. The van der Waals surface area contributed by atoms with Crippen LogP contribution in [0.5, 0.6) is 0 Å². The highest BCUT2D eigenvalue weighted by Crippen LogP contribution is 2.40. The number of allylic oxidation sites excluding steroid dienone is 2. The molecule has 0 radical (unpaired) electrons. The van der Waals surface area contributed by atoms with E-state index >= 15 is 0 Å². The summed E-state index contributed by atoms with van der Waals surface area (Å²) in [4.78, 5) is 0. The lowest BCUT2D eigenvalue weighted by atomic mass is 9.70. The van der Waals surface area contributed by atoms with E-state index in [1.165, 1.54) is 57.8 Å². The van der Waals surface area contributed by atoms with Crippen molar-refractivity contribution in [3.63, 3.8) is 0 Å². The highest BCUT2D eigenvalue weighted by Gasteiger charge is 2.27. The number of hydrogen-bond acceptors (Lipinski definition) is 0. The number of rotatable bonds is 4. The van der Waals surface area contributed by atoms with E-state index in [1.807, 2.05) is 6.08 Å². The zero-order valence-electron chi connectivity index (χ0n) is 11.0. The van der Waals surface area contributed by atoms with Crippen molar-refractivity contribution in [3.05, 3.63) is 12.2 Å². The lowest BCUT2D eigenvalue weighted by molar-refractivity contribution is 0.168. The third-order valence-electron chi connectivity index (χ3n) is 4.93. The summed E-state index contributed by atoms with van der Waals surface area (Å²) in [6.07, 6.45) is 17.9. The molecule has 0 amide bonds. The molecule has 17 heavy (non-hydrogen) atoms. The maximum Gasteiger partial charge on any atom is 0.108 e. The first-order valence-electron chi connectivity index (χ1n) is 7.61. The van der Waals surface area contributed by atoms with Gasteiger partial charge in [-0.1, -0.05) is 44.3 Å². The van der Waals surface area contributed by atoms with E-state index in [0.717, 1.165) is 24.2 Å². The van der Waals surface area contributed by atoms with Crippen LogP contribution >= 0.6 is 0 Å². The second-order valence-corrected chi connectivity index (χ2v) is 6.04. The summed E-state index contributed by atoms with van der Waals surface area (Å²) in [5.74, 6) is 2.92. The summed E-state index contributed by atoms with van der Waals surface area (Å²) < 4.78 is 12.0. The highest BCUT2D eigenvalue weighted by atomic mass is 19.1. The molecule has 0 spiro atoms. The van der Waals surface area contributed by atoms with Crippen LogP contribution < -0.4 is 0 Å². The smallest absolute Gasteiger partial charge is 0.108 e. The average Bonchev–Trinajstić information content (AvgIpc) is 2.41. The molecule has 2 aliphatic carbocycles. The van der Waals surface area contributed by atoms with E-state index in [2.05, 4.69) is 0 Å². The van der Waals surface area contributed by atoms with Crippen LogP contribution in [0.1, 0.15) is 64.2 Å². The fourth-order valence-corrected chi connectivity index (χ4v) is 3.85. The standard InChI is InChI=1S/C16H27F/c17-13-5-4-6-14-9-11-16(12-10-14)15-7-2-1-3-8-15/h4-5,14-16H,1-3,6-13H2/b5-4+. The minimum absolute atomic E-state index is 0.294. The maximum absolute atomic E-state index is 12.0. The lowest BCUT2D eigenvalue weighted by Crippen LogP contribution is -2.23. The van der Waals surface area contributed by atoms with Gasteiger partial charge in [-0.25, -0.2) is 4.39 Å². The minimum Gasteiger partial charge on any atom is -0.247 e. The van der Waals surface area contributed by atoms with E-state index in [1.54, 1.807) is 6.08 Å². The molecule has 0 atom stereocenters. The zero-order valence-corrected chi connectivity index (χ0v) is 11.0. The summed E-state index contributed by atoms with van der Waals surface area (Å²) in [5, 5.41) is 0. The first-order valence-corrected chi connectivity index (χ1v) is 7.61. The summed E-state index contributed by atoms with van der Waals surface area (Å²) >= 11 is 0. The molecule has 0 heterocycles. The molecule has 0 N–H and O–H groups in total. The molecule has 2 rings (SSSR count). The third-order valence-corrected chi connectivity index (χ3v) is 4.93. The van der Waals surface area contributed by atoms with Crippen LogP contribution in [0.2, 0.25) is 0 Å². The van der Waals surface area contributed by atoms with Crippen molar-refractivity contribution in [1.82, 2.24) is 0 Å². The topological polar surface area (TPSA) is 0 Å². The molecule has 1 heteroatoms. The van der Waals surface area contributed by atoms with Crippen LogP contribution in [0.15, 0.2) is 12.2 Å². The Morgan fingerprint density at radius 1 is 0.765 bits per heavy atom. The SMILES string of the molecule is FC/C=C/CC1CCC(C2CCCCC2)CC1. The molecule has 0 aromatic carbocycles. The molecule has 2 fully saturated rings. The molecule has 0 aromatic rings. The van der Waals surface area contributed by atoms with Gasteiger partial charge in [0.15, 0.2) is 0 Å². The van der Waals surface area contributed by atoms with Gasteiger partial charge in [0.05, 0.1) is 0 Å². The molecule has 0 bridgehead atoms. The van der Waals surface area contributed by atoms with Crippen molar-refractivity contribution in [1.29, 1.82) is 0 Å². The molecule has 0 nitrogen and oxygen atoms in total. The average molecular weight is 238 g/mol. The zero-order chi connectivity index (χ0) is 11.9. The molecule has 2 saturated carbocycles. The van der Waals surface area contributed by atoms with Crippen molar-refractivity contribution in [2.75, 3.05) is 6.67 Å². The van der Waals surface area contributed by atoms with E-state index in [4.69, 9.17) is 0 Å². The largest absolute Gasteiger partial charge is 0.247 e. The van der Waals surface area contributed by atoms with Gasteiger partial charge in [0.1, 0.15) is 6.67 Å². The van der Waals surface area contributed by atoms with Crippen LogP contribution in [-0.2, 0) is 0 Å². The van der Waals surface area contributed by atoms with Crippen LogP contribution in [0, 0.1) is 17.8 Å². The summed E-state index contributed by atoms with van der Waals surface area (Å²) in [7, 11) is 0. The number of alkyl halides is 1. The van der Waals surface area contributed by atoms with Crippen LogP contribution in [0.3, 0.4) is 0 Å². The quantitative estimate of drug-likeness (QED) is 0.584. The Kier molecular flexibility index (Phi) is 5.54. The molecular weight excluding hydrogens is 211 g/mol. The summed E-state index contributed by atoms with van der Waals surface area (Å²) in [6, 6.07) is 0. The van der Waals surface area contributed by atoms with Crippen molar-refractivity contribution in [2.45, 2.75) is 64.2 Å². The second kappa shape index (κ2) is 7.18. The Labute approximate surface area is 106 Å². The van der Waals surface area contributed by atoms with Crippen molar-refractivity contribution >= 4 is 0 Å². The van der Waals surface area contributed by atoms with Gasteiger partial charge in [-0.3, -0.25) is 0 Å². The second-order valence-electron chi connectivity index (χ2n) is 6.04. The van der Waals surface area contributed by atoms with Crippen molar-refractivity contribution in [2.24, 2.45) is 17.8 Å². The van der Waals surface area contributed by atoms with E-state index in [-0.39, 0.29) is 6.67 Å². The van der Waals surface area contributed by atoms with Gasteiger partial charge in [0, 0.05) is 0 Å². The molecule has 0 unspecified atom stereocenters. The fourth-order valence-electron chi connectivity index (χ4n) is 3.85. The predicted octanol–water partition coefficient (Wildman–Crippen LogP) is 5.29. The van der Waals surface area contributed by atoms with E-state index < -0.39 is 0 Å². The normalized spacial score (nSPS) is 32.1. The Morgan fingerprint density at radius 2 is 1.41 bits per heavy atom. The highest BCUT2D eigenvalue weighted by molar-refractivity contribution is 4.87. The molecule has 0 aromatic heterocycles. The van der Waals surface area contributed by atoms with Crippen molar-refractivity contribution < 1.29 is 4.39 Å². The maximum atomic E-state index is 12.0. The lowest BCUT2D eigenvalue weighted by Gasteiger charge is -2.35. The summed E-state index contributed by atoms with van der Waals surface area (Å²) in [5.41, 5.74) is 0. The van der Waals surface area contributed by atoms with Gasteiger partial charge in [0.25, 0.3) is 0 Å². The molecule has 0 saturated heterocycles. The fraction of sp³-hybridized carbons (Fsp3) is 0.875. The molecular formula is C16H27F. The summed E-state index contributed by atoms with van der Waals surface area (Å²) in [6.45, 7) is -0.294. The number of hydrogen-bond donors (Lipinski definition) is 0. The third kappa shape index (κ3) is 4.12. The van der Waals surface area contributed by atoms with Crippen LogP contribution in [0.25, 0.3) is 0 Å². The van der Waals surface area contributed by atoms with Crippen LogP contribution in [0.4, 0.5) is 4.39 Å². The van der Waals surface area contributed by atoms with Gasteiger partial charge in [0.2, 0.25) is 0 Å². The molecule has 0 aliphatic heterocycles. The number of halogens is 1. The van der Waals surface area contributed by atoms with Gasteiger partial charge in [-0.2, -0.15) is 0 Å². The minimum atomic E-state index is -0.294. The molecule has 98 valence electrons. The predicted molar refractivity (Wildman–Crippen MR) is 71.8 cm³/mol. The monoisotopic (exact) mass is 238 g/mol. The Morgan fingerprint density at radius 3 is 2.06 bits per heavy atom. The molecule has 2 aliphatic rings. The Bertz CT molecular complexity index is 220. The first-order chi connectivity index (χ1) is 8.40. The van der Waals surface area contributed by atoms with Gasteiger partial charge in [-0.05, 0) is 49.9 Å². The van der Waals surface area contributed by atoms with Crippen molar-refractivity contribution in [3.8, 4) is 0 Å². The van der Waals surface area contributed by atoms with Crippen LogP contribution in [-0.4, -0.2) is 6.67 Å². The Balaban J connectivity index is 1.68. The van der Waals surface area contributed by atoms with Gasteiger partial charge >= 0.3 is 0 Å². The van der Waals surface area contributed by atoms with E-state index in [9.17, 15) is 4.39 Å². The van der Waals surface area contributed by atoms with E-state index in [0.29, 0.717) is 0 Å². The Hall–Kier alpha value is -0.330. The van der Waals surface area contributed by atoms with Gasteiger partial charge < -0.3 is 0 Å².